The lowest BCUT2D eigenvalue weighted by molar-refractivity contribution is -0.385. The molecular formula is C16H16N3O6P. The Kier molecular flexibility index (Phi) is 6.57. The van der Waals surface area contributed by atoms with Crippen molar-refractivity contribution in [3.05, 3.63) is 79.9 Å². The van der Waals surface area contributed by atoms with Gasteiger partial charge in [-0.3, -0.25) is 20.2 Å². The summed E-state index contributed by atoms with van der Waals surface area (Å²) in [6, 6.07) is 12.0. The summed E-state index contributed by atoms with van der Waals surface area (Å²) in [4.78, 5) is 33.8. The highest BCUT2D eigenvalue weighted by molar-refractivity contribution is 7.10. The number of rotatable bonds is 7. The third-order valence-corrected chi connectivity index (χ3v) is 3.90. The molecule has 0 N–H and O–H groups in total. The first-order valence-electron chi connectivity index (χ1n) is 7.53. The molecule has 2 rings (SSSR count). The van der Waals surface area contributed by atoms with Crippen molar-refractivity contribution < 1.29 is 19.2 Å². The van der Waals surface area contributed by atoms with Gasteiger partial charge in [-0.15, -0.1) is 0 Å². The molecule has 26 heavy (non-hydrogen) atoms. The molecule has 10 heteroatoms. The monoisotopic (exact) mass is 377 g/mol. The van der Waals surface area contributed by atoms with E-state index < -0.39 is 15.9 Å². The van der Waals surface area contributed by atoms with Crippen LogP contribution in [0.5, 0.6) is 0 Å². The van der Waals surface area contributed by atoms with Gasteiger partial charge in [-0.1, -0.05) is 24.3 Å². The summed E-state index contributed by atoms with van der Waals surface area (Å²) in [7, 11) is 1.89. The first-order chi connectivity index (χ1) is 12.4. The van der Waals surface area contributed by atoms with Gasteiger partial charge >= 0.3 is 6.09 Å². The molecule has 0 spiro atoms. The molecule has 1 atom stereocenters. The van der Waals surface area contributed by atoms with Crippen molar-refractivity contribution in [1.82, 2.24) is 4.90 Å². The minimum Gasteiger partial charge on any atom is -0.435 e. The van der Waals surface area contributed by atoms with Crippen LogP contribution in [0.2, 0.25) is 0 Å². The molecule has 1 unspecified atom stereocenters. The van der Waals surface area contributed by atoms with Crippen LogP contribution in [0.25, 0.3) is 0 Å². The molecular weight excluding hydrogens is 361 g/mol. The van der Waals surface area contributed by atoms with Crippen molar-refractivity contribution in [2.45, 2.75) is 13.0 Å². The van der Waals surface area contributed by atoms with E-state index in [-0.39, 0.29) is 17.9 Å². The average Bonchev–Trinajstić information content (AvgIpc) is 2.65. The van der Waals surface area contributed by atoms with Crippen LogP contribution in [0.1, 0.15) is 11.1 Å². The van der Waals surface area contributed by atoms with Crippen molar-refractivity contribution in [1.29, 1.82) is 0 Å². The number of carbonyl (C=O) groups is 1. The van der Waals surface area contributed by atoms with E-state index in [4.69, 9.17) is 4.52 Å². The van der Waals surface area contributed by atoms with Crippen LogP contribution in [0.15, 0.2) is 48.5 Å². The molecule has 0 aromatic heterocycles. The van der Waals surface area contributed by atoms with Gasteiger partial charge in [0.05, 0.1) is 19.3 Å². The van der Waals surface area contributed by atoms with Crippen LogP contribution in [-0.4, -0.2) is 27.4 Å². The fourth-order valence-corrected chi connectivity index (χ4v) is 2.45. The van der Waals surface area contributed by atoms with E-state index >= 15 is 0 Å². The highest BCUT2D eigenvalue weighted by Crippen LogP contribution is 2.16. The molecule has 0 saturated heterocycles. The maximum Gasteiger partial charge on any atom is 0.412 e. The second-order valence-corrected chi connectivity index (χ2v) is 5.64. The summed E-state index contributed by atoms with van der Waals surface area (Å²) in [6.07, 6.45) is -0.0830. The molecule has 0 heterocycles. The molecule has 0 fully saturated rings. The Labute approximate surface area is 151 Å². The second kappa shape index (κ2) is 8.87. The summed E-state index contributed by atoms with van der Waals surface area (Å²) in [5.74, 6) is 0. The fraction of sp³-hybridized carbons (Fsp3) is 0.188. The van der Waals surface area contributed by atoms with Gasteiger partial charge in [-0.25, -0.2) is 4.79 Å². The molecule has 1 amide bonds. The summed E-state index contributed by atoms with van der Waals surface area (Å²) in [6.45, 7) is 0.542. The Bertz CT molecular complexity index is 795. The maximum absolute atomic E-state index is 11.9. The van der Waals surface area contributed by atoms with Gasteiger partial charge in [0.2, 0.25) is 0 Å². The predicted molar refractivity (Wildman–Crippen MR) is 96.5 cm³/mol. The van der Waals surface area contributed by atoms with Crippen LogP contribution >= 0.6 is 9.47 Å². The van der Waals surface area contributed by atoms with Crippen molar-refractivity contribution in [2.75, 3.05) is 6.54 Å². The van der Waals surface area contributed by atoms with Crippen molar-refractivity contribution in [2.24, 2.45) is 0 Å². The third kappa shape index (κ3) is 5.22. The fourth-order valence-electron chi connectivity index (χ4n) is 2.30. The van der Waals surface area contributed by atoms with E-state index in [1.54, 1.807) is 24.3 Å². The molecule has 0 bridgehead atoms. The first-order valence-corrected chi connectivity index (χ1v) is 8.00. The number of hydrogen-bond donors (Lipinski definition) is 0. The zero-order valence-corrected chi connectivity index (χ0v) is 14.8. The minimum absolute atomic E-state index is 0.000791. The van der Waals surface area contributed by atoms with Crippen LogP contribution < -0.4 is 0 Å². The lowest BCUT2D eigenvalue weighted by atomic mass is 10.1. The zero-order valence-electron chi connectivity index (χ0n) is 13.6. The van der Waals surface area contributed by atoms with Gasteiger partial charge in [-0.05, 0) is 17.5 Å². The molecule has 9 nitrogen and oxygen atoms in total. The van der Waals surface area contributed by atoms with Gasteiger partial charge in [0.15, 0.2) is 0 Å². The largest absolute Gasteiger partial charge is 0.435 e. The smallest absolute Gasteiger partial charge is 0.412 e. The molecule has 0 aliphatic heterocycles. The molecule has 136 valence electrons. The Hall–Kier alpha value is -3.06. The highest BCUT2D eigenvalue weighted by Gasteiger charge is 2.15. The molecule has 2 aromatic rings. The third-order valence-electron chi connectivity index (χ3n) is 3.70. The van der Waals surface area contributed by atoms with Crippen molar-refractivity contribution in [3.8, 4) is 0 Å². The summed E-state index contributed by atoms with van der Waals surface area (Å²) in [5, 5.41) is 21.4. The van der Waals surface area contributed by atoms with E-state index in [0.717, 1.165) is 11.1 Å². The van der Waals surface area contributed by atoms with Crippen LogP contribution in [-0.2, 0) is 17.5 Å². The number of nitrogens with zero attached hydrogens (tertiary/aromatic N) is 3. The highest BCUT2D eigenvalue weighted by atomic mass is 31.0. The van der Waals surface area contributed by atoms with Crippen LogP contribution in [0, 0.1) is 20.2 Å². The average molecular weight is 377 g/mol. The zero-order chi connectivity index (χ0) is 19.1. The predicted octanol–water partition coefficient (Wildman–Crippen LogP) is 3.47. The van der Waals surface area contributed by atoms with Gasteiger partial charge < -0.3 is 9.42 Å². The molecule has 0 aliphatic rings. The van der Waals surface area contributed by atoms with Gasteiger partial charge in [-0.2, -0.15) is 0 Å². The minimum atomic E-state index is -0.560. The van der Waals surface area contributed by atoms with E-state index in [0.29, 0.717) is 13.0 Å². The van der Waals surface area contributed by atoms with Crippen LogP contribution in [0.4, 0.5) is 16.2 Å². The quantitative estimate of drug-likeness (QED) is 0.414. The SMILES string of the molecule is O=C(OP)N(CCc1ccc([N+](=O)[O-])cc1)Cc1ccc([N+](=O)[O-])cc1. The van der Waals surface area contributed by atoms with Crippen molar-refractivity contribution >= 4 is 26.9 Å². The lowest BCUT2D eigenvalue weighted by Crippen LogP contribution is -2.31. The Morgan fingerprint density at radius 1 is 0.923 bits per heavy atom. The first kappa shape index (κ1) is 19.3. The maximum atomic E-state index is 11.9. The molecule has 0 radical (unpaired) electrons. The van der Waals surface area contributed by atoms with E-state index in [9.17, 15) is 25.0 Å². The lowest BCUT2D eigenvalue weighted by Gasteiger charge is -2.21. The van der Waals surface area contributed by atoms with E-state index in [1.165, 1.54) is 29.2 Å². The molecule has 2 aromatic carbocycles. The van der Waals surface area contributed by atoms with Crippen molar-refractivity contribution in [3.63, 3.8) is 0 Å². The Morgan fingerprint density at radius 3 is 1.81 bits per heavy atom. The number of amides is 1. The summed E-state index contributed by atoms with van der Waals surface area (Å²) in [5.41, 5.74) is 1.52. The standard InChI is InChI=1S/C16H16N3O6P/c20-16(25-26)17(11-13-3-7-15(8-4-13)19(23)24)10-9-12-1-5-14(6-2-12)18(21)22/h1-8H,9-11,26H2. The van der Waals surface area contributed by atoms with Gasteiger partial charge in [0, 0.05) is 37.4 Å². The number of carbonyl (C=O) groups excluding carboxylic acids is 1. The van der Waals surface area contributed by atoms with Gasteiger partial charge in [0.25, 0.3) is 11.4 Å². The summed E-state index contributed by atoms with van der Waals surface area (Å²) < 4.78 is 4.69. The molecule has 0 saturated carbocycles. The Morgan fingerprint density at radius 2 is 1.38 bits per heavy atom. The summed E-state index contributed by atoms with van der Waals surface area (Å²) >= 11 is 0. The van der Waals surface area contributed by atoms with E-state index in [1.807, 2.05) is 9.47 Å². The number of nitro groups is 2. The topological polar surface area (TPSA) is 116 Å². The number of nitro benzene ring substituents is 2. The molecule has 0 aliphatic carbocycles. The number of benzene rings is 2. The number of non-ortho nitro benzene ring substituents is 2. The normalized spacial score (nSPS) is 10.2. The number of hydrogen-bond acceptors (Lipinski definition) is 6. The second-order valence-electron chi connectivity index (χ2n) is 5.40. The van der Waals surface area contributed by atoms with Gasteiger partial charge in [0.1, 0.15) is 0 Å². The Balaban J connectivity index is 2.03. The van der Waals surface area contributed by atoms with Crippen LogP contribution in [0.3, 0.4) is 0 Å². The van der Waals surface area contributed by atoms with E-state index in [2.05, 4.69) is 0 Å².